The molecular formula is C39H40N2O7. The summed E-state index contributed by atoms with van der Waals surface area (Å²) in [6.45, 7) is 13.1. The van der Waals surface area contributed by atoms with Crippen molar-refractivity contribution in [2.45, 2.75) is 52.2 Å². The van der Waals surface area contributed by atoms with Crippen LogP contribution in [0, 0.1) is 23.7 Å². The Morgan fingerprint density at radius 2 is 1.35 bits per heavy atom. The van der Waals surface area contributed by atoms with Gasteiger partial charge in [0.25, 0.3) is 0 Å². The zero-order valence-corrected chi connectivity index (χ0v) is 27.5. The van der Waals surface area contributed by atoms with Crippen molar-refractivity contribution in [3.63, 3.8) is 0 Å². The summed E-state index contributed by atoms with van der Waals surface area (Å²) in [4.78, 5) is 38.8. The van der Waals surface area contributed by atoms with Crippen LogP contribution in [0.15, 0.2) is 80.4 Å². The van der Waals surface area contributed by atoms with E-state index in [1.54, 1.807) is 11.6 Å². The highest BCUT2D eigenvalue weighted by molar-refractivity contribution is 5.81. The fourth-order valence-electron chi connectivity index (χ4n) is 4.36. The lowest BCUT2D eigenvalue weighted by Gasteiger charge is -2.07. The maximum atomic E-state index is 11.6. The predicted molar refractivity (Wildman–Crippen MR) is 183 cm³/mol. The van der Waals surface area contributed by atoms with Crippen LogP contribution in [0.5, 0.6) is 5.75 Å². The Morgan fingerprint density at radius 3 is 2.02 bits per heavy atom. The van der Waals surface area contributed by atoms with Gasteiger partial charge in [0, 0.05) is 42.0 Å². The van der Waals surface area contributed by atoms with Gasteiger partial charge in [-0.25, -0.2) is 19.4 Å². The van der Waals surface area contributed by atoms with Crippen LogP contribution in [-0.2, 0) is 55.3 Å². The van der Waals surface area contributed by atoms with Crippen molar-refractivity contribution in [2.24, 2.45) is 7.05 Å². The van der Waals surface area contributed by atoms with Crippen LogP contribution in [0.2, 0.25) is 0 Å². The maximum Gasteiger partial charge on any atom is 0.330 e. The van der Waals surface area contributed by atoms with Crippen molar-refractivity contribution in [1.29, 1.82) is 0 Å². The molecule has 0 saturated carbocycles. The van der Waals surface area contributed by atoms with Crippen molar-refractivity contribution < 1.29 is 33.3 Å². The van der Waals surface area contributed by atoms with Gasteiger partial charge in [-0.3, -0.25) is 0 Å². The van der Waals surface area contributed by atoms with E-state index in [9.17, 15) is 14.4 Å². The minimum Gasteiger partial charge on any atom is -0.494 e. The van der Waals surface area contributed by atoms with Crippen LogP contribution in [0.4, 0.5) is 0 Å². The summed E-state index contributed by atoms with van der Waals surface area (Å²) in [6, 6.07) is 13.6. The summed E-state index contributed by atoms with van der Waals surface area (Å²) < 4.78 is 22.9. The lowest BCUT2D eigenvalue weighted by Crippen LogP contribution is -2.09. The second-order valence-corrected chi connectivity index (χ2v) is 10.4. The number of unbranched alkanes of at least 4 members (excludes halogenated alkanes) is 3. The number of ether oxygens (including phenoxy) is 4. The van der Waals surface area contributed by atoms with Gasteiger partial charge in [-0.2, -0.15) is 0 Å². The summed E-state index contributed by atoms with van der Waals surface area (Å²) in [5.74, 6) is 12.4. The highest BCUT2D eigenvalue weighted by Gasteiger charge is 2.16. The number of imidazole rings is 1. The molecular weight excluding hydrogens is 608 g/mol. The van der Waals surface area contributed by atoms with Crippen LogP contribution in [0.1, 0.15) is 72.1 Å². The average Bonchev–Trinajstić information content (AvgIpc) is 3.42. The third-order valence-electron chi connectivity index (χ3n) is 7.05. The molecule has 48 heavy (non-hydrogen) atoms. The summed E-state index contributed by atoms with van der Waals surface area (Å²) in [5, 5.41) is 0. The van der Waals surface area contributed by atoms with Gasteiger partial charge in [0.15, 0.2) is 5.82 Å². The highest BCUT2D eigenvalue weighted by atomic mass is 16.5. The molecule has 0 N–H and O–H groups in total. The van der Waals surface area contributed by atoms with Crippen LogP contribution >= 0.6 is 0 Å². The van der Waals surface area contributed by atoms with Crippen molar-refractivity contribution in [3.8, 4) is 29.4 Å². The molecule has 0 aliphatic heterocycles. The third kappa shape index (κ3) is 11.9. The number of hydrogen-bond acceptors (Lipinski definition) is 8. The number of nitrogens with zero attached hydrogens (tertiary/aromatic N) is 2. The van der Waals surface area contributed by atoms with Crippen LogP contribution in [0.25, 0.3) is 0 Å². The molecule has 9 nitrogen and oxygen atoms in total. The molecule has 1 heterocycles. The fourth-order valence-corrected chi connectivity index (χ4v) is 4.36. The largest absolute Gasteiger partial charge is 0.494 e. The molecule has 0 saturated heterocycles. The van der Waals surface area contributed by atoms with E-state index in [-0.39, 0.29) is 19.2 Å². The molecule has 0 unspecified atom stereocenters. The fraction of sp³-hybridized carbons (Fsp3) is 0.282. The van der Waals surface area contributed by atoms with Gasteiger partial charge < -0.3 is 23.5 Å². The van der Waals surface area contributed by atoms with Crippen LogP contribution < -0.4 is 4.74 Å². The summed E-state index contributed by atoms with van der Waals surface area (Å²) in [6.07, 6.45) is 7.76. The molecule has 0 radical (unpaired) electrons. The molecule has 2 aromatic carbocycles. The second kappa shape index (κ2) is 19.7. The molecule has 248 valence electrons. The Balaban J connectivity index is 1.62. The number of esters is 3. The first-order valence-electron chi connectivity index (χ1n) is 15.6. The number of carbonyl (C=O) groups is 3. The predicted octanol–water partition coefficient (Wildman–Crippen LogP) is 5.91. The van der Waals surface area contributed by atoms with Gasteiger partial charge >= 0.3 is 17.9 Å². The van der Waals surface area contributed by atoms with Gasteiger partial charge in [-0.05, 0) is 86.1 Å². The minimum absolute atomic E-state index is 0.0838. The molecule has 9 heteroatoms. The molecule has 0 fully saturated rings. The standard InChI is InChI=1S/C39H40N2O7/c1-6-31-26-30(15-14-29-17-21-33(22-18-29)45-24-12-10-11-13-25-46-37(42)7-2)16-19-32(31)20-23-36-40-34(27-47-38(43)8-3)35(41(36)5)28-48-39(44)9-4/h7-9,16-19,21-22,26H,2-4,6,10-13,24-25,27-28H2,1,5H3. The second-order valence-electron chi connectivity index (χ2n) is 10.4. The SMILES string of the molecule is C=CC(=O)OCCCCCCOc1ccc(C#Cc2ccc(C#Cc3nc(COC(=O)C=C)c(COC(=O)C=C)n3C)c(CC)c2)cc1. The van der Waals surface area contributed by atoms with Crippen molar-refractivity contribution in [2.75, 3.05) is 13.2 Å². The average molecular weight is 649 g/mol. The monoisotopic (exact) mass is 648 g/mol. The first-order valence-corrected chi connectivity index (χ1v) is 15.6. The number of carbonyl (C=O) groups excluding carboxylic acids is 3. The molecule has 0 aliphatic rings. The van der Waals surface area contributed by atoms with E-state index in [2.05, 4.69) is 55.3 Å². The van der Waals surface area contributed by atoms with E-state index in [0.717, 1.165) is 72.3 Å². The Bertz CT molecular complexity index is 1740. The van der Waals surface area contributed by atoms with Gasteiger partial charge in [0.2, 0.25) is 0 Å². The van der Waals surface area contributed by atoms with Gasteiger partial charge in [-0.15, -0.1) is 0 Å². The number of hydrogen-bond donors (Lipinski definition) is 0. The Labute approximate surface area is 282 Å². The Morgan fingerprint density at radius 1 is 0.750 bits per heavy atom. The maximum absolute atomic E-state index is 11.6. The minimum atomic E-state index is -0.592. The molecule has 0 bridgehead atoms. The molecule has 3 aromatic rings. The zero-order chi connectivity index (χ0) is 34.7. The first-order chi connectivity index (χ1) is 23.3. The van der Waals surface area contributed by atoms with Crippen molar-refractivity contribution >= 4 is 17.9 Å². The molecule has 0 aliphatic carbocycles. The normalized spacial score (nSPS) is 9.96. The molecule has 1 aromatic heterocycles. The van der Waals surface area contributed by atoms with Gasteiger partial charge in [0.1, 0.15) is 24.7 Å². The number of aromatic nitrogens is 2. The van der Waals surface area contributed by atoms with Crippen LogP contribution in [0.3, 0.4) is 0 Å². The summed E-state index contributed by atoms with van der Waals surface area (Å²) in [5.41, 5.74) is 4.58. The zero-order valence-electron chi connectivity index (χ0n) is 27.5. The smallest absolute Gasteiger partial charge is 0.330 e. The highest BCUT2D eigenvalue weighted by Crippen LogP contribution is 2.17. The third-order valence-corrected chi connectivity index (χ3v) is 7.05. The first kappa shape index (κ1) is 36.7. The number of rotatable bonds is 16. The van der Waals surface area contributed by atoms with Crippen molar-refractivity contribution in [1.82, 2.24) is 9.55 Å². The molecule has 0 atom stereocenters. The topological polar surface area (TPSA) is 106 Å². The van der Waals surface area contributed by atoms with E-state index < -0.39 is 11.9 Å². The molecule has 0 amide bonds. The van der Waals surface area contributed by atoms with E-state index in [1.165, 1.54) is 6.08 Å². The number of aryl methyl sites for hydroxylation is 1. The lowest BCUT2D eigenvalue weighted by atomic mass is 10.0. The summed E-state index contributed by atoms with van der Waals surface area (Å²) in [7, 11) is 1.75. The Hall–Kier alpha value is -5.80. The quantitative estimate of drug-likeness (QED) is 0.0621. The van der Waals surface area contributed by atoms with Gasteiger partial charge in [0.05, 0.1) is 18.9 Å². The van der Waals surface area contributed by atoms with E-state index in [4.69, 9.17) is 18.9 Å². The number of benzene rings is 2. The molecule has 3 rings (SSSR count). The van der Waals surface area contributed by atoms with Crippen LogP contribution in [-0.4, -0.2) is 40.7 Å². The lowest BCUT2D eigenvalue weighted by molar-refractivity contribution is -0.140. The van der Waals surface area contributed by atoms with Gasteiger partial charge in [-0.1, -0.05) is 44.4 Å². The van der Waals surface area contributed by atoms with E-state index in [0.29, 0.717) is 30.4 Å². The van der Waals surface area contributed by atoms with Crippen molar-refractivity contribution in [3.05, 3.63) is 120 Å². The Kier molecular flexibility index (Phi) is 15.0. The molecule has 0 spiro atoms. The van der Waals surface area contributed by atoms with E-state index >= 15 is 0 Å². The summed E-state index contributed by atoms with van der Waals surface area (Å²) >= 11 is 0. The van der Waals surface area contributed by atoms with E-state index in [1.807, 2.05) is 42.5 Å².